The Labute approximate surface area is 144 Å². The lowest BCUT2D eigenvalue weighted by molar-refractivity contribution is -0.132. The molecule has 2 N–H and O–H groups in total. The van der Waals surface area contributed by atoms with Crippen molar-refractivity contribution in [2.45, 2.75) is 70.4 Å². The monoisotopic (exact) mass is 341 g/mol. The number of aromatic nitrogens is 3. The van der Waals surface area contributed by atoms with Crippen LogP contribution in [0.2, 0.25) is 0 Å². The number of aryl methyl sites for hydroxylation is 1. The van der Waals surface area contributed by atoms with Crippen molar-refractivity contribution in [3.8, 4) is 0 Å². The second kappa shape index (κ2) is 8.11. The normalized spacial score (nSPS) is 22.7. The number of fused-ring (bicyclic) bond motifs is 1. The minimum absolute atomic E-state index is 0. The fraction of sp³-hybridized carbons (Fsp3) is 0.812. The summed E-state index contributed by atoms with van der Waals surface area (Å²) in [5.74, 6) is 2.72. The molecule has 7 heteroatoms. The van der Waals surface area contributed by atoms with Crippen molar-refractivity contribution in [1.29, 1.82) is 0 Å². The third kappa shape index (κ3) is 4.23. The number of piperidine rings is 1. The minimum atomic E-state index is -0.0720. The third-order valence-electron chi connectivity index (χ3n) is 4.77. The molecule has 2 aliphatic heterocycles. The molecule has 0 spiro atoms. The number of hydrogen-bond acceptors (Lipinski definition) is 4. The molecule has 2 atom stereocenters. The summed E-state index contributed by atoms with van der Waals surface area (Å²) in [6.45, 7) is 4.53. The number of amides is 1. The van der Waals surface area contributed by atoms with Crippen LogP contribution < -0.4 is 5.73 Å². The van der Waals surface area contributed by atoms with Crippen LogP contribution in [0.3, 0.4) is 0 Å². The van der Waals surface area contributed by atoms with Crippen LogP contribution in [0, 0.1) is 0 Å². The van der Waals surface area contributed by atoms with Gasteiger partial charge in [-0.25, -0.2) is 0 Å². The van der Waals surface area contributed by atoms with Gasteiger partial charge in [-0.3, -0.25) is 4.79 Å². The zero-order valence-corrected chi connectivity index (χ0v) is 14.7. The topological polar surface area (TPSA) is 77.0 Å². The maximum atomic E-state index is 12.3. The van der Waals surface area contributed by atoms with Crippen molar-refractivity contribution >= 4 is 18.3 Å². The van der Waals surface area contributed by atoms with Gasteiger partial charge in [0.25, 0.3) is 0 Å². The highest BCUT2D eigenvalue weighted by atomic mass is 35.5. The van der Waals surface area contributed by atoms with E-state index in [-0.39, 0.29) is 24.4 Å². The van der Waals surface area contributed by atoms with Crippen LogP contribution in [-0.2, 0) is 17.8 Å². The lowest BCUT2D eigenvalue weighted by atomic mass is 9.96. The van der Waals surface area contributed by atoms with Crippen molar-refractivity contribution in [2.75, 3.05) is 13.1 Å². The van der Waals surface area contributed by atoms with Gasteiger partial charge in [-0.15, -0.1) is 22.6 Å². The Kier molecular flexibility index (Phi) is 6.41. The summed E-state index contributed by atoms with van der Waals surface area (Å²) in [5, 5.41) is 8.87. The summed E-state index contributed by atoms with van der Waals surface area (Å²) >= 11 is 0. The first-order valence-corrected chi connectivity index (χ1v) is 8.60. The number of likely N-dealkylation sites (tertiary alicyclic amines) is 1. The van der Waals surface area contributed by atoms with E-state index in [0.717, 1.165) is 50.5 Å². The number of carbonyl (C=O) groups excluding carboxylic acids is 1. The summed E-state index contributed by atoms with van der Waals surface area (Å²) in [6, 6.07) is -0.0720. The smallest absolute Gasteiger partial charge is 0.224 e. The van der Waals surface area contributed by atoms with E-state index >= 15 is 0 Å². The maximum Gasteiger partial charge on any atom is 0.224 e. The van der Waals surface area contributed by atoms with Crippen LogP contribution >= 0.6 is 12.4 Å². The second-order valence-corrected chi connectivity index (χ2v) is 6.80. The Morgan fingerprint density at radius 1 is 1.26 bits per heavy atom. The van der Waals surface area contributed by atoms with Crippen LogP contribution in [0.25, 0.3) is 0 Å². The van der Waals surface area contributed by atoms with E-state index in [1.807, 2.05) is 11.8 Å². The predicted octanol–water partition coefficient (Wildman–Crippen LogP) is 1.87. The molecule has 0 aliphatic carbocycles. The molecule has 2 aliphatic rings. The molecule has 130 valence electrons. The van der Waals surface area contributed by atoms with E-state index in [9.17, 15) is 4.79 Å². The van der Waals surface area contributed by atoms with Gasteiger partial charge in [0.05, 0.1) is 0 Å². The number of rotatable bonds is 3. The van der Waals surface area contributed by atoms with Gasteiger partial charge in [-0.05, 0) is 32.6 Å². The molecule has 1 amide bonds. The van der Waals surface area contributed by atoms with Crippen molar-refractivity contribution < 1.29 is 4.79 Å². The average Bonchev–Trinajstić information content (AvgIpc) is 2.75. The molecular weight excluding hydrogens is 314 g/mol. The van der Waals surface area contributed by atoms with Crippen LogP contribution in [-0.4, -0.2) is 44.7 Å². The quantitative estimate of drug-likeness (QED) is 0.910. The number of carbonyl (C=O) groups is 1. The Hall–Kier alpha value is -1.14. The number of halogens is 1. The Bertz CT molecular complexity index is 531. The van der Waals surface area contributed by atoms with Gasteiger partial charge in [-0.2, -0.15) is 0 Å². The lowest BCUT2D eigenvalue weighted by Gasteiger charge is -2.33. The summed E-state index contributed by atoms with van der Waals surface area (Å²) in [7, 11) is 0. The zero-order chi connectivity index (χ0) is 15.5. The molecule has 0 bridgehead atoms. The zero-order valence-electron chi connectivity index (χ0n) is 13.9. The van der Waals surface area contributed by atoms with E-state index in [4.69, 9.17) is 5.73 Å². The summed E-state index contributed by atoms with van der Waals surface area (Å²) in [6.07, 6.45) is 7.29. The highest BCUT2D eigenvalue weighted by molar-refractivity contribution is 5.85. The fourth-order valence-corrected chi connectivity index (χ4v) is 3.63. The van der Waals surface area contributed by atoms with Gasteiger partial charge in [0.15, 0.2) is 0 Å². The highest BCUT2D eigenvalue weighted by Crippen LogP contribution is 2.28. The van der Waals surface area contributed by atoms with Crippen LogP contribution in [0.5, 0.6) is 0 Å². The maximum absolute atomic E-state index is 12.3. The number of hydrogen-bond donors (Lipinski definition) is 1. The van der Waals surface area contributed by atoms with Gasteiger partial charge < -0.3 is 15.2 Å². The minimum Gasteiger partial charge on any atom is -0.342 e. The summed E-state index contributed by atoms with van der Waals surface area (Å²) in [4.78, 5) is 14.2. The second-order valence-electron chi connectivity index (χ2n) is 6.80. The molecular formula is C16H28ClN5O. The van der Waals surface area contributed by atoms with E-state index in [1.165, 1.54) is 19.3 Å². The molecule has 1 fully saturated rings. The molecule has 23 heavy (non-hydrogen) atoms. The molecule has 3 heterocycles. The fourth-order valence-electron chi connectivity index (χ4n) is 3.63. The van der Waals surface area contributed by atoms with Crippen molar-refractivity contribution in [2.24, 2.45) is 5.73 Å². The van der Waals surface area contributed by atoms with Crippen molar-refractivity contribution in [1.82, 2.24) is 19.7 Å². The molecule has 6 nitrogen and oxygen atoms in total. The summed E-state index contributed by atoms with van der Waals surface area (Å²) in [5.41, 5.74) is 5.76. The summed E-state index contributed by atoms with van der Waals surface area (Å²) < 4.78 is 2.32. The molecule has 3 rings (SSSR count). The van der Waals surface area contributed by atoms with Crippen LogP contribution in [0.1, 0.15) is 63.0 Å². The molecule has 0 radical (unpaired) electrons. The average molecular weight is 342 g/mol. The predicted molar refractivity (Wildman–Crippen MR) is 91.6 cm³/mol. The van der Waals surface area contributed by atoms with Gasteiger partial charge in [-0.1, -0.05) is 6.42 Å². The van der Waals surface area contributed by atoms with E-state index in [1.54, 1.807) is 0 Å². The largest absolute Gasteiger partial charge is 0.342 e. The Balaban J connectivity index is 0.00000192. The molecule has 1 aromatic heterocycles. The van der Waals surface area contributed by atoms with Gasteiger partial charge in [0.1, 0.15) is 11.6 Å². The first-order valence-electron chi connectivity index (χ1n) is 8.60. The standard InChI is InChI=1S/C16H27N5O.ClH/c1-12(17)10-15(22)20-8-5-6-13(11-20)16-19-18-14-7-3-2-4-9-21(14)16;/h12-13H,2-11,17H2,1H3;1H. The van der Waals surface area contributed by atoms with Gasteiger partial charge in [0, 0.05) is 44.4 Å². The van der Waals surface area contributed by atoms with Gasteiger partial charge >= 0.3 is 0 Å². The molecule has 2 unspecified atom stereocenters. The molecule has 1 aromatic rings. The first kappa shape index (κ1) is 18.2. The van der Waals surface area contributed by atoms with E-state index in [0.29, 0.717) is 12.3 Å². The Morgan fingerprint density at radius 2 is 2.09 bits per heavy atom. The number of nitrogens with zero attached hydrogens (tertiary/aromatic N) is 4. The van der Waals surface area contributed by atoms with Gasteiger partial charge in [0.2, 0.25) is 5.91 Å². The molecule has 0 saturated carbocycles. The molecule has 1 saturated heterocycles. The molecule has 0 aromatic carbocycles. The highest BCUT2D eigenvalue weighted by Gasteiger charge is 2.29. The van der Waals surface area contributed by atoms with E-state index < -0.39 is 0 Å². The first-order chi connectivity index (χ1) is 10.6. The van der Waals surface area contributed by atoms with Crippen LogP contribution in [0.15, 0.2) is 0 Å². The van der Waals surface area contributed by atoms with Crippen molar-refractivity contribution in [3.05, 3.63) is 11.6 Å². The van der Waals surface area contributed by atoms with Crippen molar-refractivity contribution in [3.63, 3.8) is 0 Å². The lowest BCUT2D eigenvalue weighted by Crippen LogP contribution is -2.41. The SMILES string of the molecule is CC(N)CC(=O)N1CCCC(c2nnc3n2CCCCC3)C1.Cl. The van der Waals surface area contributed by atoms with E-state index in [2.05, 4.69) is 14.8 Å². The third-order valence-corrected chi connectivity index (χ3v) is 4.77. The Morgan fingerprint density at radius 3 is 2.87 bits per heavy atom. The number of nitrogens with two attached hydrogens (primary N) is 1. The van der Waals surface area contributed by atoms with Crippen LogP contribution in [0.4, 0.5) is 0 Å².